The second-order valence-electron chi connectivity index (χ2n) is 4.13. The molecule has 0 heterocycles. The number of hydrogen-bond acceptors (Lipinski definition) is 1. The van der Waals surface area contributed by atoms with Crippen LogP contribution < -0.4 is 5.73 Å². The number of nitrogens with two attached hydrogens (primary N) is 1. The van der Waals surface area contributed by atoms with E-state index in [1.807, 2.05) is 18.2 Å². The molecule has 0 saturated carbocycles. The summed E-state index contributed by atoms with van der Waals surface area (Å²) in [5.74, 6) is 0. The van der Waals surface area contributed by atoms with E-state index >= 15 is 0 Å². The van der Waals surface area contributed by atoms with Gasteiger partial charge in [0.05, 0.1) is 5.02 Å². The highest BCUT2D eigenvalue weighted by molar-refractivity contribution is 9.10. The van der Waals surface area contributed by atoms with Crippen LogP contribution in [0.1, 0.15) is 50.6 Å². The highest BCUT2D eigenvalue weighted by Gasteiger charge is 2.07. The van der Waals surface area contributed by atoms with Gasteiger partial charge in [0.1, 0.15) is 0 Å². The fourth-order valence-electron chi connectivity index (χ4n) is 1.70. The zero-order valence-corrected chi connectivity index (χ0v) is 12.0. The van der Waals surface area contributed by atoms with Crippen molar-refractivity contribution in [1.29, 1.82) is 0 Å². The molecule has 0 amide bonds. The van der Waals surface area contributed by atoms with Crippen molar-refractivity contribution in [3.63, 3.8) is 0 Å². The molecule has 1 rings (SSSR count). The minimum atomic E-state index is 0.130. The van der Waals surface area contributed by atoms with Gasteiger partial charge in [0.25, 0.3) is 0 Å². The van der Waals surface area contributed by atoms with Gasteiger partial charge < -0.3 is 5.73 Å². The van der Waals surface area contributed by atoms with Crippen molar-refractivity contribution in [1.82, 2.24) is 0 Å². The van der Waals surface area contributed by atoms with Gasteiger partial charge in [0, 0.05) is 10.5 Å². The maximum Gasteiger partial charge on any atom is 0.0548 e. The molecule has 0 aromatic heterocycles. The molecule has 90 valence electrons. The van der Waals surface area contributed by atoms with Gasteiger partial charge in [-0.1, -0.05) is 50.3 Å². The first-order chi connectivity index (χ1) is 7.65. The van der Waals surface area contributed by atoms with Gasteiger partial charge >= 0.3 is 0 Å². The molecular weight excluding hydrogens is 286 g/mol. The smallest absolute Gasteiger partial charge is 0.0548 e. The molecule has 3 heteroatoms. The maximum atomic E-state index is 6.13. The SMILES string of the molecule is CCCCCCC(N)c1ccc(Cl)c(Br)c1. The summed E-state index contributed by atoms with van der Waals surface area (Å²) in [4.78, 5) is 0. The van der Waals surface area contributed by atoms with Crippen molar-refractivity contribution in [3.8, 4) is 0 Å². The van der Waals surface area contributed by atoms with E-state index in [1.165, 1.54) is 25.7 Å². The van der Waals surface area contributed by atoms with E-state index in [1.54, 1.807) is 0 Å². The van der Waals surface area contributed by atoms with Gasteiger partial charge in [-0.05, 0) is 40.0 Å². The molecule has 16 heavy (non-hydrogen) atoms. The van der Waals surface area contributed by atoms with Crippen molar-refractivity contribution in [2.75, 3.05) is 0 Å². The average molecular weight is 305 g/mol. The Morgan fingerprint density at radius 2 is 2.06 bits per heavy atom. The topological polar surface area (TPSA) is 26.0 Å². The average Bonchev–Trinajstić information content (AvgIpc) is 2.28. The Morgan fingerprint density at radius 1 is 1.31 bits per heavy atom. The minimum Gasteiger partial charge on any atom is -0.324 e. The quantitative estimate of drug-likeness (QED) is 0.729. The lowest BCUT2D eigenvalue weighted by Crippen LogP contribution is -2.10. The predicted octanol–water partition coefficient (Wildman–Crippen LogP) is 5.07. The summed E-state index contributed by atoms with van der Waals surface area (Å²) in [6.07, 6.45) is 6.10. The zero-order valence-electron chi connectivity index (χ0n) is 9.68. The molecule has 0 saturated heterocycles. The van der Waals surface area contributed by atoms with Crippen LogP contribution in [0.3, 0.4) is 0 Å². The van der Waals surface area contributed by atoms with E-state index in [0.717, 1.165) is 21.5 Å². The fourth-order valence-corrected chi connectivity index (χ4v) is 2.21. The molecule has 2 N–H and O–H groups in total. The normalized spacial score (nSPS) is 12.8. The second-order valence-corrected chi connectivity index (χ2v) is 5.39. The molecule has 1 aromatic rings. The molecule has 0 fully saturated rings. The molecule has 0 aliphatic heterocycles. The molecule has 0 spiro atoms. The van der Waals surface area contributed by atoms with Gasteiger partial charge in [-0.25, -0.2) is 0 Å². The number of rotatable bonds is 6. The van der Waals surface area contributed by atoms with Crippen LogP contribution in [0.15, 0.2) is 22.7 Å². The van der Waals surface area contributed by atoms with Crippen molar-refractivity contribution in [2.45, 2.75) is 45.1 Å². The summed E-state index contributed by atoms with van der Waals surface area (Å²) in [5, 5.41) is 0.738. The molecule has 0 aliphatic carbocycles. The lowest BCUT2D eigenvalue weighted by Gasteiger charge is -2.12. The Labute approximate surface area is 111 Å². The monoisotopic (exact) mass is 303 g/mol. The number of unbranched alkanes of at least 4 members (excludes halogenated alkanes) is 3. The molecule has 0 bridgehead atoms. The summed E-state index contributed by atoms with van der Waals surface area (Å²) >= 11 is 9.36. The summed E-state index contributed by atoms with van der Waals surface area (Å²) < 4.78 is 0.927. The Kier molecular flexibility index (Phi) is 6.40. The van der Waals surface area contributed by atoms with E-state index in [0.29, 0.717) is 0 Å². The maximum absolute atomic E-state index is 6.13. The first kappa shape index (κ1) is 14.0. The van der Waals surface area contributed by atoms with Crippen molar-refractivity contribution >= 4 is 27.5 Å². The predicted molar refractivity (Wildman–Crippen MR) is 74.8 cm³/mol. The molecule has 1 atom stereocenters. The van der Waals surface area contributed by atoms with Crippen molar-refractivity contribution in [3.05, 3.63) is 33.3 Å². The largest absolute Gasteiger partial charge is 0.324 e. The van der Waals surface area contributed by atoms with Crippen LogP contribution in [-0.4, -0.2) is 0 Å². The first-order valence-electron chi connectivity index (χ1n) is 5.85. The molecule has 1 unspecified atom stereocenters. The lowest BCUT2D eigenvalue weighted by molar-refractivity contribution is 0.566. The van der Waals surface area contributed by atoms with E-state index in [-0.39, 0.29) is 6.04 Å². The lowest BCUT2D eigenvalue weighted by atomic mass is 10.0. The van der Waals surface area contributed by atoms with Crippen LogP contribution in [0.2, 0.25) is 5.02 Å². The summed E-state index contributed by atoms with van der Waals surface area (Å²) in [5.41, 5.74) is 7.29. The Hall–Kier alpha value is -0.0500. The molecule has 1 aromatic carbocycles. The van der Waals surface area contributed by atoms with Gasteiger partial charge in [-0.3, -0.25) is 0 Å². The van der Waals surface area contributed by atoms with Gasteiger partial charge in [-0.15, -0.1) is 0 Å². The summed E-state index contributed by atoms with van der Waals surface area (Å²) in [7, 11) is 0. The van der Waals surface area contributed by atoms with Gasteiger partial charge in [0.15, 0.2) is 0 Å². The Balaban J connectivity index is 2.46. The van der Waals surface area contributed by atoms with E-state index < -0.39 is 0 Å². The molecule has 0 aliphatic rings. The van der Waals surface area contributed by atoms with E-state index in [2.05, 4.69) is 22.9 Å². The minimum absolute atomic E-state index is 0.130. The van der Waals surface area contributed by atoms with Crippen LogP contribution in [0.25, 0.3) is 0 Å². The van der Waals surface area contributed by atoms with Crippen LogP contribution in [0.5, 0.6) is 0 Å². The molecule has 0 radical (unpaired) electrons. The van der Waals surface area contributed by atoms with Crippen LogP contribution >= 0.6 is 27.5 Å². The highest BCUT2D eigenvalue weighted by Crippen LogP contribution is 2.27. The van der Waals surface area contributed by atoms with Gasteiger partial charge in [-0.2, -0.15) is 0 Å². The third kappa shape index (κ3) is 4.44. The highest BCUT2D eigenvalue weighted by atomic mass is 79.9. The zero-order chi connectivity index (χ0) is 12.0. The van der Waals surface area contributed by atoms with Crippen molar-refractivity contribution in [2.24, 2.45) is 5.73 Å². The van der Waals surface area contributed by atoms with Gasteiger partial charge in [0.2, 0.25) is 0 Å². The Bertz CT molecular complexity index is 328. The summed E-state index contributed by atoms with van der Waals surface area (Å²) in [6.45, 7) is 2.22. The second kappa shape index (κ2) is 7.31. The number of halogens is 2. The molecular formula is C13H19BrClN. The van der Waals surface area contributed by atoms with Crippen molar-refractivity contribution < 1.29 is 0 Å². The fraction of sp³-hybridized carbons (Fsp3) is 0.538. The van der Waals surface area contributed by atoms with E-state index in [9.17, 15) is 0 Å². The Morgan fingerprint density at radius 3 is 2.69 bits per heavy atom. The first-order valence-corrected chi connectivity index (χ1v) is 7.02. The summed E-state index contributed by atoms with van der Waals surface area (Å²) in [6, 6.07) is 6.06. The standard InChI is InChI=1S/C13H19BrClN/c1-2-3-4-5-6-13(16)10-7-8-12(15)11(14)9-10/h7-9,13H,2-6,16H2,1H3. The van der Waals surface area contributed by atoms with Crippen LogP contribution in [0, 0.1) is 0 Å². The third-order valence-corrected chi connectivity index (χ3v) is 3.95. The third-order valence-electron chi connectivity index (χ3n) is 2.74. The number of benzene rings is 1. The number of hydrogen-bond donors (Lipinski definition) is 1. The molecule has 1 nitrogen and oxygen atoms in total. The van der Waals surface area contributed by atoms with Crippen LogP contribution in [0.4, 0.5) is 0 Å². The van der Waals surface area contributed by atoms with Crippen LogP contribution in [-0.2, 0) is 0 Å². The van der Waals surface area contributed by atoms with E-state index in [4.69, 9.17) is 17.3 Å².